The van der Waals surface area contributed by atoms with Crippen LogP contribution in [0.25, 0.3) is 10.2 Å². The molecule has 3 rings (SSSR count). The predicted molar refractivity (Wildman–Crippen MR) is 145 cm³/mol. The minimum atomic E-state index is -0.0259. The van der Waals surface area contributed by atoms with Crippen LogP contribution in [0.3, 0.4) is 0 Å². The molecule has 0 radical (unpaired) electrons. The first kappa shape index (κ1) is 27.4. The molecule has 1 aromatic heterocycles. The predicted octanol–water partition coefficient (Wildman–Crippen LogP) is 6.61. The van der Waals surface area contributed by atoms with Gasteiger partial charge in [0.15, 0.2) is 5.13 Å². The third-order valence-electron chi connectivity index (χ3n) is 5.47. The highest BCUT2D eigenvalue weighted by atomic mass is 35.5. The van der Waals surface area contributed by atoms with Crippen molar-refractivity contribution >= 4 is 56.8 Å². The number of nitrogens with zero attached hydrogens (tertiary/aromatic N) is 3. The number of likely N-dealkylation sites (N-methyl/N-ethyl adjacent to an activating group) is 1. The Balaban J connectivity index is 0.00000385. The number of carbonyl (C=O) groups excluding carboxylic acids is 1. The summed E-state index contributed by atoms with van der Waals surface area (Å²) in [5, 5.41) is 0.752. The zero-order valence-corrected chi connectivity index (χ0v) is 22.3. The van der Waals surface area contributed by atoms with Gasteiger partial charge in [-0.3, -0.25) is 9.69 Å². The summed E-state index contributed by atoms with van der Waals surface area (Å²) >= 11 is 3.26. The molecule has 33 heavy (non-hydrogen) atoms. The van der Waals surface area contributed by atoms with E-state index in [2.05, 4.69) is 50.1 Å². The van der Waals surface area contributed by atoms with E-state index < -0.39 is 0 Å². The Morgan fingerprint density at radius 3 is 2.42 bits per heavy atom. The first-order chi connectivity index (χ1) is 15.6. The molecule has 0 aliphatic carbocycles. The number of thiazole rings is 1. The number of rotatable bonds is 12. The highest BCUT2D eigenvalue weighted by Gasteiger charge is 2.22. The molecule has 0 N–H and O–H groups in total. The Labute approximate surface area is 211 Å². The van der Waals surface area contributed by atoms with E-state index >= 15 is 0 Å². The van der Waals surface area contributed by atoms with E-state index in [1.165, 1.54) is 0 Å². The summed E-state index contributed by atoms with van der Waals surface area (Å²) in [6.07, 6.45) is 4.18. The first-order valence-electron chi connectivity index (χ1n) is 11.3. The lowest BCUT2D eigenvalue weighted by Crippen LogP contribution is -2.38. The van der Waals surface area contributed by atoms with Gasteiger partial charge in [0.2, 0.25) is 0 Å². The van der Waals surface area contributed by atoms with Gasteiger partial charge in [-0.2, -0.15) is 0 Å². The van der Waals surface area contributed by atoms with E-state index in [-0.39, 0.29) is 18.3 Å². The van der Waals surface area contributed by atoms with Crippen LogP contribution >= 0.6 is 35.5 Å². The number of halogens is 1. The average molecular weight is 508 g/mol. The number of anilines is 1. The molecule has 0 unspecified atom stereocenters. The third-order valence-corrected chi connectivity index (χ3v) is 7.28. The summed E-state index contributed by atoms with van der Waals surface area (Å²) in [6, 6.07) is 13.7. The monoisotopic (exact) mass is 507 g/mol. The number of unbranched alkanes of at least 4 members (excludes halogenated alkanes) is 1. The number of aromatic nitrogens is 1. The number of hydrogen-bond acceptors (Lipinski definition) is 6. The standard InChI is InChI=1S/C25H33N3O2S2.ClH/c1-5-8-18-30-20-14-12-19(13-15-20)24(29)28(17-16-27(6-2)7-3)25-26-23-21(31-4)10-9-11-22(23)32-25;/h9-15H,5-8,16-18H2,1-4H3;1H. The van der Waals surface area contributed by atoms with Crippen LogP contribution in [0, 0.1) is 0 Å². The van der Waals surface area contributed by atoms with Crippen molar-refractivity contribution in [2.75, 3.05) is 43.9 Å². The summed E-state index contributed by atoms with van der Waals surface area (Å²) < 4.78 is 6.86. The minimum Gasteiger partial charge on any atom is -0.494 e. The second-order valence-electron chi connectivity index (χ2n) is 7.51. The molecule has 0 aliphatic rings. The van der Waals surface area contributed by atoms with Gasteiger partial charge < -0.3 is 9.64 Å². The number of ether oxygens (including phenoxy) is 1. The first-order valence-corrected chi connectivity index (χ1v) is 13.4. The van der Waals surface area contributed by atoms with E-state index in [0.717, 1.165) is 58.5 Å². The minimum absolute atomic E-state index is 0. The van der Waals surface area contributed by atoms with Crippen LogP contribution in [-0.2, 0) is 0 Å². The number of para-hydroxylation sites is 1. The van der Waals surface area contributed by atoms with Gasteiger partial charge in [-0.15, -0.1) is 24.2 Å². The fourth-order valence-electron chi connectivity index (χ4n) is 3.44. The SMILES string of the molecule is CCCCOc1ccc(C(=O)N(CCN(CC)CC)c2nc3c(SC)cccc3s2)cc1.Cl. The van der Waals surface area contributed by atoms with Crippen molar-refractivity contribution < 1.29 is 9.53 Å². The smallest absolute Gasteiger partial charge is 0.260 e. The summed E-state index contributed by atoms with van der Waals surface area (Å²) in [6.45, 7) is 10.5. The van der Waals surface area contributed by atoms with E-state index in [1.807, 2.05) is 29.2 Å². The topological polar surface area (TPSA) is 45.7 Å². The van der Waals surface area contributed by atoms with E-state index in [1.54, 1.807) is 23.1 Å². The maximum Gasteiger partial charge on any atom is 0.260 e. The second-order valence-corrected chi connectivity index (χ2v) is 9.37. The van der Waals surface area contributed by atoms with Crippen LogP contribution in [0.15, 0.2) is 47.4 Å². The van der Waals surface area contributed by atoms with Crippen LogP contribution in [0.4, 0.5) is 5.13 Å². The number of thioether (sulfide) groups is 1. The Hall–Kier alpha value is -1.80. The van der Waals surface area contributed by atoms with Crippen molar-refractivity contribution in [3.63, 3.8) is 0 Å². The summed E-state index contributed by atoms with van der Waals surface area (Å²) in [5.41, 5.74) is 1.62. The second kappa shape index (κ2) is 13.8. The normalized spacial score (nSPS) is 10.9. The lowest BCUT2D eigenvalue weighted by molar-refractivity contribution is 0.0983. The molecule has 5 nitrogen and oxygen atoms in total. The molecule has 1 amide bonds. The summed E-state index contributed by atoms with van der Waals surface area (Å²) in [4.78, 5) is 23.7. The molecule has 180 valence electrons. The number of carbonyl (C=O) groups is 1. The van der Waals surface area contributed by atoms with Crippen LogP contribution in [0.5, 0.6) is 5.75 Å². The van der Waals surface area contributed by atoms with Crippen LogP contribution < -0.4 is 9.64 Å². The van der Waals surface area contributed by atoms with Gasteiger partial charge in [0.1, 0.15) is 5.75 Å². The van der Waals surface area contributed by atoms with Crippen molar-refractivity contribution in [3.05, 3.63) is 48.0 Å². The Kier molecular flexibility index (Phi) is 11.5. The van der Waals surface area contributed by atoms with Gasteiger partial charge in [0.05, 0.1) is 16.8 Å². The maximum atomic E-state index is 13.6. The molecule has 0 saturated heterocycles. The molecule has 0 bridgehead atoms. The molecular formula is C25H34ClN3O2S2. The quantitative estimate of drug-likeness (QED) is 0.204. The van der Waals surface area contributed by atoms with E-state index in [9.17, 15) is 4.79 Å². The van der Waals surface area contributed by atoms with Crippen molar-refractivity contribution in [2.45, 2.75) is 38.5 Å². The van der Waals surface area contributed by atoms with Gasteiger partial charge in [0, 0.05) is 23.5 Å². The fourth-order valence-corrected chi connectivity index (χ4v) is 5.09. The average Bonchev–Trinajstić information content (AvgIpc) is 3.26. The summed E-state index contributed by atoms with van der Waals surface area (Å²) in [5.74, 6) is 0.774. The molecule has 3 aromatic rings. The van der Waals surface area contributed by atoms with Crippen LogP contribution in [0.2, 0.25) is 0 Å². The number of fused-ring (bicyclic) bond motifs is 1. The molecular weight excluding hydrogens is 474 g/mol. The Morgan fingerprint density at radius 2 is 1.79 bits per heavy atom. The zero-order chi connectivity index (χ0) is 22.9. The van der Waals surface area contributed by atoms with Gasteiger partial charge >= 0.3 is 0 Å². The largest absolute Gasteiger partial charge is 0.494 e. The van der Waals surface area contributed by atoms with Crippen molar-refractivity contribution in [3.8, 4) is 5.75 Å². The van der Waals surface area contributed by atoms with Crippen LogP contribution in [0.1, 0.15) is 44.0 Å². The van der Waals surface area contributed by atoms with Gasteiger partial charge in [-0.05, 0) is 62.2 Å². The zero-order valence-electron chi connectivity index (χ0n) is 19.9. The van der Waals surface area contributed by atoms with Gasteiger partial charge in [0.25, 0.3) is 5.91 Å². The van der Waals surface area contributed by atoms with Gasteiger partial charge in [-0.1, -0.05) is 44.6 Å². The van der Waals surface area contributed by atoms with Crippen molar-refractivity contribution in [1.82, 2.24) is 9.88 Å². The van der Waals surface area contributed by atoms with Crippen molar-refractivity contribution in [1.29, 1.82) is 0 Å². The Morgan fingerprint density at radius 1 is 1.06 bits per heavy atom. The van der Waals surface area contributed by atoms with E-state index in [4.69, 9.17) is 9.72 Å². The number of benzene rings is 2. The molecule has 0 aliphatic heterocycles. The van der Waals surface area contributed by atoms with Crippen LogP contribution in [-0.4, -0.2) is 54.8 Å². The summed E-state index contributed by atoms with van der Waals surface area (Å²) in [7, 11) is 0. The fraction of sp³-hybridized carbons (Fsp3) is 0.440. The highest BCUT2D eigenvalue weighted by molar-refractivity contribution is 7.98. The molecule has 8 heteroatoms. The maximum absolute atomic E-state index is 13.6. The molecule has 0 atom stereocenters. The highest BCUT2D eigenvalue weighted by Crippen LogP contribution is 2.34. The Bertz CT molecular complexity index is 1010. The molecule has 0 saturated carbocycles. The molecule has 0 fully saturated rings. The molecule has 2 aromatic carbocycles. The molecule has 1 heterocycles. The third kappa shape index (κ3) is 7.09. The van der Waals surface area contributed by atoms with Crippen molar-refractivity contribution in [2.24, 2.45) is 0 Å². The molecule has 0 spiro atoms. The van der Waals surface area contributed by atoms with Gasteiger partial charge in [-0.25, -0.2) is 4.98 Å². The number of hydrogen-bond donors (Lipinski definition) is 0. The lowest BCUT2D eigenvalue weighted by Gasteiger charge is -2.24. The number of amides is 1. The van der Waals surface area contributed by atoms with E-state index in [0.29, 0.717) is 18.7 Å². The lowest BCUT2D eigenvalue weighted by atomic mass is 10.2.